The first kappa shape index (κ1) is 17.8. The highest BCUT2D eigenvalue weighted by atomic mass is 19.2. The third kappa shape index (κ3) is 2.83. The van der Waals surface area contributed by atoms with Gasteiger partial charge in [0.1, 0.15) is 0 Å². The van der Waals surface area contributed by atoms with Gasteiger partial charge in [-0.15, -0.1) is 0 Å². The van der Waals surface area contributed by atoms with Crippen molar-refractivity contribution in [1.82, 2.24) is 9.80 Å². The molecule has 0 radical (unpaired) electrons. The number of carbonyl (C=O) groups excluding carboxylic acids is 2. The number of nitrogens with zero attached hydrogens (tertiary/aromatic N) is 2. The highest BCUT2D eigenvalue weighted by molar-refractivity contribution is 5.94. The number of hydrogen-bond donors (Lipinski definition) is 2. The number of hydrogen-bond acceptors (Lipinski definition) is 5. The standard InChI is InChI=1S/C15H16F2N2O5/c1-7-11(13(20)21)12(8-4-5-9(16)10(17)6-8)19(15(23)24-3)14(22)18(7)2/h4-6,12-13,20-21H,1-3H3. The molecule has 0 saturated heterocycles. The molecule has 1 heterocycles. The summed E-state index contributed by atoms with van der Waals surface area (Å²) < 4.78 is 31.4. The normalized spacial score (nSPS) is 18.5. The lowest BCUT2D eigenvalue weighted by molar-refractivity contribution is -0.0228. The maximum Gasteiger partial charge on any atom is 0.418 e. The molecule has 3 amide bonds. The Labute approximate surface area is 136 Å². The van der Waals surface area contributed by atoms with E-state index in [0.717, 1.165) is 30.2 Å². The summed E-state index contributed by atoms with van der Waals surface area (Å²) in [6.07, 6.45) is -3.11. The van der Waals surface area contributed by atoms with Crippen molar-refractivity contribution in [3.63, 3.8) is 0 Å². The van der Waals surface area contributed by atoms with Gasteiger partial charge in [-0.1, -0.05) is 6.07 Å². The Morgan fingerprint density at radius 1 is 1.29 bits per heavy atom. The second kappa shape index (κ2) is 6.54. The lowest BCUT2D eigenvalue weighted by Gasteiger charge is -2.40. The van der Waals surface area contributed by atoms with Crippen molar-refractivity contribution in [2.45, 2.75) is 19.3 Å². The topological polar surface area (TPSA) is 90.3 Å². The Bertz CT molecular complexity index is 720. The summed E-state index contributed by atoms with van der Waals surface area (Å²) in [6.45, 7) is 1.44. The number of ether oxygens (including phenoxy) is 1. The molecule has 1 aromatic carbocycles. The SMILES string of the molecule is COC(=O)N1C(=O)N(C)C(C)=C(C(O)O)C1c1ccc(F)c(F)c1. The van der Waals surface area contributed by atoms with E-state index in [1.54, 1.807) is 0 Å². The molecule has 0 aliphatic carbocycles. The van der Waals surface area contributed by atoms with Gasteiger partial charge in [-0.05, 0) is 24.6 Å². The Balaban J connectivity index is 2.72. The number of allylic oxidation sites excluding steroid dienone is 1. The predicted molar refractivity (Wildman–Crippen MR) is 77.4 cm³/mol. The van der Waals surface area contributed by atoms with Crippen LogP contribution in [0.15, 0.2) is 29.5 Å². The second-order valence-electron chi connectivity index (χ2n) is 5.17. The number of aliphatic hydroxyl groups excluding tert-OH is 1. The van der Waals surface area contributed by atoms with Gasteiger partial charge < -0.3 is 19.8 Å². The summed E-state index contributed by atoms with van der Waals surface area (Å²) in [6, 6.07) is 0.589. The summed E-state index contributed by atoms with van der Waals surface area (Å²) in [5.41, 5.74) is 0.0293. The van der Waals surface area contributed by atoms with Crippen LogP contribution in [0.1, 0.15) is 18.5 Å². The van der Waals surface area contributed by atoms with Crippen molar-refractivity contribution in [3.05, 3.63) is 46.7 Å². The highest BCUT2D eigenvalue weighted by Gasteiger charge is 2.44. The minimum atomic E-state index is -2.04. The van der Waals surface area contributed by atoms with Crippen molar-refractivity contribution >= 4 is 12.1 Å². The average Bonchev–Trinajstić information content (AvgIpc) is 2.53. The summed E-state index contributed by atoms with van der Waals surface area (Å²) >= 11 is 0. The minimum Gasteiger partial charge on any atom is -0.452 e. The van der Waals surface area contributed by atoms with Crippen molar-refractivity contribution < 1.29 is 33.3 Å². The van der Waals surface area contributed by atoms with E-state index in [9.17, 15) is 28.6 Å². The van der Waals surface area contributed by atoms with Gasteiger partial charge in [0.2, 0.25) is 0 Å². The van der Waals surface area contributed by atoms with Gasteiger partial charge in [0.05, 0.1) is 13.2 Å². The molecular formula is C15H16F2N2O5. The van der Waals surface area contributed by atoms with Crippen LogP contribution in [-0.4, -0.2) is 52.6 Å². The molecule has 1 unspecified atom stereocenters. The third-order valence-electron chi connectivity index (χ3n) is 3.88. The second-order valence-corrected chi connectivity index (χ2v) is 5.17. The third-order valence-corrected chi connectivity index (χ3v) is 3.88. The smallest absolute Gasteiger partial charge is 0.418 e. The zero-order valence-corrected chi connectivity index (χ0v) is 13.2. The van der Waals surface area contributed by atoms with Crippen molar-refractivity contribution in [3.8, 4) is 0 Å². The monoisotopic (exact) mass is 342 g/mol. The largest absolute Gasteiger partial charge is 0.452 e. The number of urea groups is 1. The molecule has 0 fully saturated rings. The molecular weight excluding hydrogens is 326 g/mol. The van der Waals surface area contributed by atoms with E-state index in [4.69, 9.17) is 0 Å². The first-order chi connectivity index (χ1) is 11.2. The molecule has 7 nitrogen and oxygen atoms in total. The van der Waals surface area contributed by atoms with Crippen LogP contribution in [0, 0.1) is 11.6 Å². The molecule has 24 heavy (non-hydrogen) atoms. The molecule has 130 valence electrons. The number of amides is 3. The van der Waals surface area contributed by atoms with Gasteiger partial charge in [-0.25, -0.2) is 23.3 Å². The first-order valence-corrected chi connectivity index (χ1v) is 6.87. The quantitative estimate of drug-likeness (QED) is 0.799. The van der Waals surface area contributed by atoms with Crippen LogP contribution < -0.4 is 0 Å². The van der Waals surface area contributed by atoms with Gasteiger partial charge in [-0.2, -0.15) is 0 Å². The van der Waals surface area contributed by atoms with E-state index in [1.807, 2.05) is 0 Å². The molecule has 0 spiro atoms. The lowest BCUT2D eigenvalue weighted by Crippen LogP contribution is -2.52. The molecule has 0 bridgehead atoms. The maximum atomic E-state index is 13.6. The fourth-order valence-electron chi connectivity index (χ4n) is 2.57. The fourth-order valence-corrected chi connectivity index (χ4v) is 2.57. The zero-order valence-electron chi connectivity index (χ0n) is 13.2. The van der Waals surface area contributed by atoms with Gasteiger partial charge in [-0.3, -0.25) is 0 Å². The molecule has 2 rings (SSSR count). The molecule has 1 atom stereocenters. The first-order valence-electron chi connectivity index (χ1n) is 6.87. The van der Waals surface area contributed by atoms with Crippen LogP contribution in [0.25, 0.3) is 0 Å². The van der Waals surface area contributed by atoms with Gasteiger partial charge in [0.25, 0.3) is 0 Å². The fraction of sp³-hybridized carbons (Fsp3) is 0.333. The number of imide groups is 1. The van der Waals surface area contributed by atoms with E-state index < -0.39 is 36.1 Å². The Morgan fingerprint density at radius 2 is 1.92 bits per heavy atom. The van der Waals surface area contributed by atoms with Crippen molar-refractivity contribution in [1.29, 1.82) is 0 Å². The highest BCUT2D eigenvalue weighted by Crippen LogP contribution is 2.38. The maximum absolute atomic E-state index is 13.6. The van der Waals surface area contributed by atoms with E-state index in [1.165, 1.54) is 14.0 Å². The summed E-state index contributed by atoms with van der Waals surface area (Å²) in [5.74, 6) is -2.32. The molecule has 1 aliphatic rings. The number of carbonyl (C=O) groups is 2. The number of aliphatic hydroxyl groups is 2. The predicted octanol–water partition coefficient (Wildman–Crippen LogP) is 1.72. The molecule has 2 N–H and O–H groups in total. The van der Waals surface area contributed by atoms with E-state index in [0.29, 0.717) is 4.90 Å². The average molecular weight is 342 g/mol. The van der Waals surface area contributed by atoms with Crippen molar-refractivity contribution in [2.24, 2.45) is 0 Å². The van der Waals surface area contributed by atoms with E-state index in [2.05, 4.69) is 4.74 Å². The van der Waals surface area contributed by atoms with Crippen molar-refractivity contribution in [2.75, 3.05) is 14.2 Å². The molecule has 9 heteroatoms. The number of benzene rings is 1. The van der Waals surface area contributed by atoms with Crippen LogP contribution in [0.2, 0.25) is 0 Å². The van der Waals surface area contributed by atoms with Gasteiger partial charge >= 0.3 is 12.1 Å². The van der Waals surface area contributed by atoms with Crippen LogP contribution >= 0.6 is 0 Å². The van der Waals surface area contributed by atoms with E-state index in [-0.39, 0.29) is 16.8 Å². The van der Waals surface area contributed by atoms with Crippen LogP contribution in [0.4, 0.5) is 18.4 Å². The Hall–Kier alpha value is -2.52. The molecule has 1 aliphatic heterocycles. The van der Waals surface area contributed by atoms with Crippen LogP contribution in [0.3, 0.4) is 0 Å². The Kier molecular flexibility index (Phi) is 4.86. The summed E-state index contributed by atoms with van der Waals surface area (Å²) in [7, 11) is 2.37. The lowest BCUT2D eigenvalue weighted by atomic mass is 9.93. The van der Waals surface area contributed by atoms with Crippen LogP contribution in [-0.2, 0) is 4.74 Å². The van der Waals surface area contributed by atoms with Crippen LogP contribution in [0.5, 0.6) is 0 Å². The summed E-state index contributed by atoms with van der Waals surface area (Å²) in [5, 5.41) is 19.4. The number of methoxy groups -OCH3 is 1. The summed E-state index contributed by atoms with van der Waals surface area (Å²) in [4.78, 5) is 26.1. The molecule has 0 saturated carbocycles. The minimum absolute atomic E-state index is 0.0109. The van der Waals surface area contributed by atoms with E-state index >= 15 is 0 Å². The van der Waals surface area contributed by atoms with Gasteiger partial charge in [0.15, 0.2) is 17.9 Å². The Morgan fingerprint density at radius 3 is 2.42 bits per heavy atom. The zero-order chi connectivity index (χ0) is 18.2. The van der Waals surface area contributed by atoms with Gasteiger partial charge in [0, 0.05) is 18.3 Å². The molecule has 1 aromatic rings. The molecule has 0 aromatic heterocycles. The number of halogens is 2. The number of rotatable bonds is 2.